The molecular weight excluding hydrogens is 290 g/mol. The molecule has 104 valence electrons. The molecule has 0 aliphatic carbocycles. The van der Waals surface area contributed by atoms with Gasteiger partial charge in [-0.25, -0.2) is 8.78 Å². The average Bonchev–Trinajstić information content (AvgIpc) is 2.42. The Bertz CT molecular complexity index is 636. The van der Waals surface area contributed by atoms with E-state index in [9.17, 15) is 13.6 Å². The van der Waals surface area contributed by atoms with Gasteiger partial charge in [0, 0.05) is 23.8 Å². The third-order valence-corrected chi connectivity index (χ3v) is 2.85. The van der Waals surface area contributed by atoms with Gasteiger partial charge in [0.1, 0.15) is 11.5 Å². The first-order chi connectivity index (χ1) is 9.55. The summed E-state index contributed by atoms with van der Waals surface area (Å²) in [5.41, 5.74) is 0.259. The van der Waals surface area contributed by atoms with Gasteiger partial charge in [-0.1, -0.05) is 11.6 Å². The minimum atomic E-state index is -0.905. The summed E-state index contributed by atoms with van der Waals surface area (Å²) in [5, 5.41) is 0.131. The average molecular weight is 299 g/mol. The van der Waals surface area contributed by atoms with Crippen LogP contribution in [0.4, 0.5) is 8.78 Å². The van der Waals surface area contributed by atoms with Crippen LogP contribution in [0.15, 0.2) is 30.3 Å². The molecule has 3 nitrogen and oxygen atoms in total. The van der Waals surface area contributed by atoms with Gasteiger partial charge in [-0.05, 0) is 12.1 Å². The van der Waals surface area contributed by atoms with Crippen LogP contribution in [-0.4, -0.2) is 13.4 Å². The first kappa shape index (κ1) is 14.3. The Labute approximate surface area is 118 Å². The first-order valence-electron chi connectivity index (χ1n) is 5.50. The fourth-order valence-electron chi connectivity index (χ4n) is 1.54. The minimum absolute atomic E-state index is 0.0432. The van der Waals surface area contributed by atoms with E-state index in [0.717, 1.165) is 12.1 Å². The van der Waals surface area contributed by atoms with Crippen molar-refractivity contribution in [3.05, 3.63) is 52.6 Å². The zero-order chi connectivity index (χ0) is 14.7. The molecule has 0 radical (unpaired) electrons. The van der Waals surface area contributed by atoms with Gasteiger partial charge in [0.15, 0.2) is 23.7 Å². The van der Waals surface area contributed by atoms with E-state index in [1.807, 2.05) is 0 Å². The van der Waals surface area contributed by atoms with Crippen LogP contribution in [0.2, 0.25) is 5.02 Å². The van der Waals surface area contributed by atoms with Gasteiger partial charge in [-0.2, -0.15) is 0 Å². The minimum Gasteiger partial charge on any atom is -0.497 e. The highest BCUT2D eigenvalue weighted by Crippen LogP contribution is 2.32. The molecule has 0 heterocycles. The third-order valence-electron chi connectivity index (χ3n) is 2.53. The fourth-order valence-corrected chi connectivity index (χ4v) is 1.75. The van der Waals surface area contributed by atoms with Crippen LogP contribution in [0.25, 0.3) is 0 Å². The van der Waals surface area contributed by atoms with Crippen molar-refractivity contribution in [2.24, 2.45) is 0 Å². The number of hydrogen-bond donors (Lipinski definition) is 0. The van der Waals surface area contributed by atoms with Crippen molar-refractivity contribution in [1.82, 2.24) is 0 Å². The van der Waals surface area contributed by atoms with Gasteiger partial charge in [-0.15, -0.1) is 0 Å². The van der Waals surface area contributed by atoms with Crippen molar-refractivity contribution in [2.75, 3.05) is 7.11 Å². The molecule has 0 atom stereocenters. The zero-order valence-corrected chi connectivity index (χ0v) is 11.1. The van der Waals surface area contributed by atoms with E-state index in [0.29, 0.717) is 6.29 Å². The van der Waals surface area contributed by atoms with Crippen LogP contribution < -0.4 is 9.47 Å². The molecular formula is C14H9ClF2O3. The van der Waals surface area contributed by atoms with Crippen LogP contribution in [0.3, 0.4) is 0 Å². The smallest absolute Gasteiger partial charge is 0.198 e. The maximum absolute atomic E-state index is 13.7. The predicted octanol–water partition coefficient (Wildman–Crippen LogP) is 4.23. The summed E-state index contributed by atoms with van der Waals surface area (Å²) < 4.78 is 37.2. The molecule has 0 aliphatic rings. The highest BCUT2D eigenvalue weighted by atomic mass is 35.5. The summed E-state index contributed by atoms with van der Waals surface area (Å²) in [7, 11) is 1.30. The standard InChI is InChI=1S/C14H9ClF2O3/c1-19-10-5-12(16)14(13(17)6-10)20-9-3-2-8(7-18)11(15)4-9/h2-7H,1H3. The van der Waals surface area contributed by atoms with E-state index in [1.165, 1.54) is 25.3 Å². The highest BCUT2D eigenvalue weighted by molar-refractivity contribution is 6.33. The van der Waals surface area contributed by atoms with Gasteiger partial charge in [-0.3, -0.25) is 4.79 Å². The number of halogens is 3. The second kappa shape index (κ2) is 5.88. The number of carbonyl (C=O) groups is 1. The Morgan fingerprint density at radius 1 is 1.10 bits per heavy atom. The first-order valence-corrected chi connectivity index (χ1v) is 5.88. The summed E-state index contributed by atoms with van der Waals surface area (Å²) in [6, 6.07) is 6.08. The van der Waals surface area contributed by atoms with Crippen molar-refractivity contribution in [1.29, 1.82) is 0 Å². The summed E-state index contributed by atoms with van der Waals surface area (Å²) in [6.07, 6.45) is 0.570. The molecule has 6 heteroatoms. The molecule has 2 aromatic carbocycles. The molecule has 0 saturated carbocycles. The van der Waals surface area contributed by atoms with E-state index in [-0.39, 0.29) is 22.1 Å². The van der Waals surface area contributed by atoms with Crippen LogP contribution in [0, 0.1) is 11.6 Å². The summed E-state index contributed by atoms with van der Waals surface area (Å²) in [5.74, 6) is -2.22. The molecule has 0 aromatic heterocycles. The number of carbonyl (C=O) groups excluding carboxylic acids is 1. The number of ether oxygens (including phenoxy) is 2. The van der Waals surface area contributed by atoms with Gasteiger partial charge in [0.2, 0.25) is 0 Å². The maximum atomic E-state index is 13.7. The monoisotopic (exact) mass is 298 g/mol. The molecule has 0 spiro atoms. The second-order valence-corrected chi connectivity index (χ2v) is 4.23. The number of methoxy groups -OCH3 is 1. The lowest BCUT2D eigenvalue weighted by Gasteiger charge is -2.10. The molecule has 2 rings (SSSR count). The molecule has 20 heavy (non-hydrogen) atoms. The molecule has 2 aromatic rings. The summed E-state index contributed by atoms with van der Waals surface area (Å²) in [4.78, 5) is 10.6. The molecule has 0 saturated heterocycles. The number of rotatable bonds is 4. The quantitative estimate of drug-likeness (QED) is 0.792. The van der Waals surface area contributed by atoms with Crippen molar-refractivity contribution < 1.29 is 23.0 Å². The van der Waals surface area contributed by atoms with Gasteiger partial charge >= 0.3 is 0 Å². The summed E-state index contributed by atoms with van der Waals surface area (Å²) >= 11 is 5.80. The molecule has 0 amide bonds. The summed E-state index contributed by atoms with van der Waals surface area (Å²) in [6.45, 7) is 0. The van der Waals surface area contributed by atoms with Crippen molar-refractivity contribution >= 4 is 17.9 Å². The predicted molar refractivity (Wildman–Crippen MR) is 69.8 cm³/mol. The van der Waals surface area contributed by atoms with Crippen LogP contribution in [-0.2, 0) is 0 Å². The SMILES string of the molecule is COc1cc(F)c(Oc2ccc(C=O)c(Cl)c2)c(F)c1. The van der Waals surface area contributed by atoms with E-state index in [2.05, 4.69) is 0 Å². The zero-order valence-electron chi connectivity index (χ0n) is 10.3. The van der Waals surface area contributed by atoms with Gasteiger partial charge < -0.3 is 9.47 Å². The van der Waals surface area contributed by atoms with Gasteiger partial charge in [0.05, 0.1) is 12.1 Å². The van der Waals surface area contributed by atoms with Gasteiger partial charge in [0.25, 0.3) is 0 Å². The lowest BCUT2D eigenvalue weighted by molar-refractivity contribution is 0.112. The maximum Gasteiger partial charge on any atom is 0.198 e. The van der Waals surface area contributed by atoms with E-state index in [4.69, 9.17) is 21.1 Å². The van der Waals surface area contributed by atoms with Crippen molar-refractivity contribution in [3.8, 4) is 17.2 Å². The van der Waals surface area contributed by atoms with Crippen molar-refractivity contribution in [3.63, 3.8) is 0 Å². The van der Waals surface area contributed by atoms with Crippen LogP contribution in [0.5, 0.6) is 17.2 Å². The van der Waals surface area contributed by atoms with Crippen molar-refractivity contribution in [2.45, 2.75) is 0 Å². The van der Waals surface area contributed by atoms with Crippen LogP contribution >= 0.6 is 11.6 Å². The molecule has 0 bridgehead atoms. The Morgan fingerprint density at radius 2 is 1.75 bits per heavy atom. The second-order valence-electron chi connectivity index (χ2n) is 3.82. The van der Waals surface area contributed by atoms with E-state index < -0.39 is 17.4 Å². The number of aldehydes is 1. The number of hydrogen-bond acceptors (Lipinski definition) is 3. The largest absolute Gasteiger partial charge is 0.497 e. The topological polar surface area (TPSA) is 35.5 Å². The van der Waals surface area contributed by atoms with Crippen LogP contribution in [0.1, 0.15) is 10.4 Å². The molecule has 0 unspecified atom stereocenters. The van der Waals surface area contributed by atoms with E-state index >= 15 is 0 Å². The van der Waals surface area contributed by atoms with E-state index in [1.54, 1.807) is 0 Å². The third kappa shape index (κ3) is 2.88. The Hall–Kier alpha value is -2.14. The highest BCUT2D eigenvalue weighted by Gasteiger charge is 2.14. The number of benzene rings is 2. The Balaban J connectivity index is 2.35. The lowest BCUT2D eigenvalue weighted by atomic mass is 10.2. The fraction of sp³-hybridized carbons (Fsp3) is 0.0714. The molecule has 0 aliphatic heterocycles. The molecule has 0 N–H and O–H groups in total. The Morgan fingerprint density at radius 3 is 2.25 bits per heavy atom. The normalized spacial score (nSPS) is 10.2. The Kier molecular flexibility index (Phi) is 4.20. The lowest BCUT2D eigenvalue weighted by Crippen LogP contribution is -1.95. The molecule has 0 fully saturated rings.